The first kappa shape index (κ1) is 18.7. The summed E-state index contributed by atoms with van der Waals surface area (Å²) in [6, 6.07) is 7.89. The standard InChI is InChI=1S/C19H20N6OS2/c1-9-7-5-6-8-13(9)16-23-24-19(25(16)20)28-12(4)15-21-17(26)14-10(2)11(3)27-18(14)22-15/h5-8,12H,20H2,1-4H3,(H,21,22,26)/t12-/m1/s1. The normalized spacial score (nSPS) is 12.6. The molecule has 144 valence electrons. The van der Waals surface area contributed by atoms with E-state index >= 15 is 0 Å². The molecule has 0 unspecified atom stereocenters. The van der Waals surface area contributed by atoms with E-state index in [1.165, 1.54) is 27.8 Å². The SMILES string of the molecule is Cc1ccccc1-c1nnc(S[C@H](C)c2nc3sc(C)c(C)c3c(=O)[nH]2)n1N. The minimum atomic E-state index is -0.143. The second-order valence-corrected chi connectivity index (χ2v) is 9.18. The first-order valence-electron chi connectivity index (χ1n) is 8.80. The first-order valence-corrected chi connectivity index (χ1v) is 10.5. The average molecular weight is 413 g/mol. The summed E-state index contributed by atoms with van der Waals surface area (Å²) in [5.74, 6) is 7.46. The number of H-pyrrole nitrogens is 1. The summed E-state index contributed by atoms with van der Waals surface area (Å²) in [5, 5.41) is 9.58. The second kappa shape index (κ2) is 7.06. The van der Waals surface area contributed by atoms with Crippen LogP contribution in [0.2, 0.25) is 0 Å². The number of hydrogen-bond donors (Lipinski definition) is 2. The van der Waals surface area contributed by atoms with Crippen LogP contribution < -0.4 is 11.4 Å². The summed E-state index contributed by atoms with van der Waals surface area (Å²) in [4.78, 5) is 22.0. The van der Waals surface area contributed by atoms with E-state index in [-0.39, 0.29) is 10.8 Å². The maximum atomic E-state index is 12.5. The summed E-state index contributed by atoms with van der Waals surface area (Å²) in [6.45, 7) is 7.93. The third kappa shape index (κ3) is 3.10. The van der Waals surface area contributed by atoms with Crippen molar-refractivity contribution in [3.63, 3.8) is 0 Å². The number of rotatable bonds is 4. The quantitative estimate of drug-likeness (QED) is 0.391. The molecule has 1 aromatic carbocycles. The van der Waals surface area contributed by atoms with Gasteiger partial charge in [-0.1, -0.05) is 36.0 Å². The number of hydrogen-bond acceptors (Lipinski definition) is 7. The number of aryl methyl sites for hydroxylation is 3. The van der Waals surface area contributed by atoms with Gasteiger partial charge in [0.05, 0.1) is 10.6 Å². The van der Waals surface area contributed by atoms with Gasteiger partial charge in [-0.25, -0.2) is 9.66 Å². The van der Waals surface area contributed by atoms with Gasteiger partial charge in [0, 0.05) is 10.4 Å². The Labute approximate surface area is 170 Å². The molecule has 0 fully saturated rings. The lowest BCUT2D eigenvalue weighted by Gasteiger charge is -2.10. The number of fused-ring (bicyclic) bond motifs is 1. The molecule has 0 radical (unpaired) electrons. The van der Waals surface area contributed by atoms with Gasteiger partial charge in [0.2, 0.25) is 5.16 Å². The van der Waals surface area contributed by atoms with Crippen molar-refractivity contribution in [2.75, 3.05) is 5.84 Å². The van der Waals surface area contributed by atoms with Gasteiger partial charge in [0.25, 0.3) is 5.56 Å². The molecular weight excluding hydrogens is 392 g/mol. The van der Waals surface area contributed by atoms with E-state index in [4.69, 9.17) is 5.84 Å². The van der Waals surface area contributed by atoms with Gasteiger partial charge in [-0.3, -0.25) is 4.79 Å². The Bertz CT molecular complexity index is 1240. The first-order chi connectivity index (χ1) is 13.4. The number of nitrogens with two attached hydrogens (primary N) is 1. The highest BCUT2D eigenvalue weighted by Crippen LogP contribution is 2.34. The van der Waals surface area contributed by atoms with Crippen molar-refractivity contribution < 1.29 is 0 Å². The van der Waals surface area contributed by atoms with Crippen LogP contribution in [0.5, 0.6) is 0 Å². The highest BCUT2D eigenvalue weighted by Gasteiger charge is 2.20. The third-order valence-electron chi connectivity index (χ3n) is 4.78. The summed E-state index contributed by atoms with van der Waals surface area (Å²) in [7, 11) is 0. The molecule has 4 rings (SSSR count). The van der Waals surface area contributed by atoms with E-state index in [0.717, 1.165) is 26.4 Å². The fraction of sp³-hybridized carbons (Fsp3) is 0.263. The van der Waals surface area contributed by atoms with E-state index in [0.29, 0.717) is 22.2 Å². The molecule has 0 saturated heterocycles. The lowest BCUT2D eigenvalue weighted by atomic mass is 10.1. The Morgan fingerprint density at radius 2 is 1.96 bits per heavy atom. The molecule has 3 aromatic heterocycles. The summed E-state index contributed by atoms with van der Waals surface area (Å²) in [5.41, 5.74) is 2.90. The van der Waals surface area contributed by atoms with Crippen molar-refractivity contribution in [1.29, 1.82) is 0 Å². The molecule has 3 heterocycles. The predicted molar refractivity (Wildman–Crippen MR) is 114 cm³/mol. The van der Waals surface area contributed by atoms with Crippen LogP contribution in [0.4, 0.5) is 0 Å². The number of benzene rings is 1. The lowest BCUT2D eigenvalue weighted by Crippen LogP contribution is -2.14. The monoisotopic (exact) mass is 412 g/mol. The van der Waals surface area contributed by atoms with Crippen LogP contribution in [0.15, 0.2) is 34.2 Å². The Balaban J connectivity index is 1.66. The number of nitrogens with zero attached hydrogens (tertiary/aromatic N) is 4. The van der Waals surface area contributed by atoms with Crippen LogP contribution in [-0.4, -0.2) is 24.8 Å². The Morgan fingerprint density at radius 3 is 2.71 bits per heavy atom. The number of nitrogens with one attached hydrogen (secondary N) is 1. The molecule has 0 aliphatic rings. The van der Waals surface area contributed by atoms with Gasteiger partial charge in [-0.05, 0) is 38.8 Å². The molecule has 0 bridgehead atoms. The van der Waals surface area contributed by atoms with Crippen molar-refractivity contribution in [2.45, 2.75) is 38.1 Å². The number of nitrogen functional groups attached to an aromatic ring is 1. The maximum Gasteiger partial charge on any atom is 0.259 e. The summed E-state index contributed by atoms with van der Waals surface area (Å²) >= 11 is 2.95. The molecule has 9 heteroatoms. The number of aromatic amines is 1. The summed E-state index contributed by atoms with van der Waals surface area (Å²) < 4.78 is 1.49. The van der Waals surface area contributed by atoms with Gasteiger partial charge in [0.1, 0.15) is 10.7 Å². The van der Waals surface area contributed by atoms with Crippen molar-refractivity contribution in [3.05, 3.63) is 56.4 Å². The molecule has 1 atom stereocenters. The second-order valence-electron chi connectivity index (χ2n) is 6.67. The minimum absolute atomic E-state index is 0.107. The molecule has 0 aliphatic heterocycles. The number of thiophene rings is 1. The van der Waals surface area contributed by atoms with Gasteiger partial charge >= 0.3 is 0 Å². The fourth-order valence-corrected chi connectivity index (χ4v) is 4.91. The minimum Gasteiger partial charge on any atom is -0.335 e. The van der Waals surface area contributed by atoms with Gasteiger partial charge in [-0.15, -0.1) is 21.5 Å². The van der Waals surface area contributed by atoms with Gasteiger partial charge in [-0.2, -0.15) is 0 Å². The van der Waals surface area contributed by atoms with E-state index < -0.39 is 0 Å². The molecule has 3 N–H and O–H groups in total. The van der Waals surface area contributed by atoms with Crippen LogP contribution in [0.1, 0.15) is 34.0 Å². The zero-order chi connectivity index (χ0) is 20.0. The predicted octanol–water partition coefficient (Wildman–Crippen LogP) is 3.74. The van der Waals surface area contributed by atoms with E-state index in [1.54, 1.807) is 0 Å². The highest BCUT2D eigenvalue weighted by atomic mass is 32.2. The molecule has 7 nitrogen and oxygen atoms in total. The van der Waals surface area contributed by atoms with Crippen LogP contribution in [-0.2, 0) is 0 Å². The summed E-state index contributed by atoms with van der Waals surface area (Å²) in [6.07, 6.45) is 0. The molecule has 28 heavy (non-hydrogen) atoms. The molecule has 4 aromatic rings. The zero-order valence-corrected chi connectivity index (χ0v) is 17.6. The van der Waals surface area contributed by atoms with Crippen LogP contribution in [0.25, 0.3) is 21.6 Å². The Kier molecular flexibility index (Phi) is 4.72. The van der Waals surface area contributed by atoms with Crippen molar-refractivity contribution in [3.8, 4) is 11.4 Å². The molecule has 0 aliphatic carbocycles. The molecular formula is C19H20N6OS2. The van der Waals surface area contributed by atoms with Gasteiger partial charge < -0.3 is 10.8 Å². The molecule has 0 spiro atoms. The van der Waals surface area contributed by atoms with Crippen LogP contribution in [0.3, 0.4) is 0 Å². The van der Waals surface area contributed by atoms with E-state index in [9.17, 15) is 4.79 Å². The Hall–Kier alpha value is -2.65. The third-order valence-corrected chi connectivity index (χ3v) is 6.94. The smallest absolute Gasteiger partial charge is 0.259 e. The Morgan fingerprint density at radius 1 is 1.21 bits per heavy atom. The average Bonchev–Trinajstić information content (AvgIpc) is 3.15. The van der Waals surface area contributed by atoms with Crippen molar-refractivity contribution in [2.24, 2.45) is 0 Å². The van der Waals surface area contributed by atoms with E-state index in [1.807, 2.05) is 52.0 Å². The number of thioether (sulfide) groups is 1. The van der Waals surface area contributed by atoms with Crippen LogP contribution in [0, 0.1) is 20.8 Å². The lowest BCUT2D eigenvalue weighted by molar-refractivity contribution is 0.835. The topological polar surface area (TPSA) is 102 Å². The number of aromatic nitrogens is 5. The zero-order valence-electron chi connectivity index (χ0n) is 16.0. The van der Waals surface area contributed by atoms with Crippen molar-refractivity contribution in [1.82, 2.24) is 24.8 Å². The van der Waals surface area contributed by atoms with Crippen LogP contribution >= 0.6 is 23.1 Å². The largest absolute Gasteiger partial charge is 0.335 e. The van der Waals surface area contributed by atoms with Crippen molar-refractivity contribution >= 4 is 33.3 Å². The fourth-order valence-electron chi connectivity index (χ4n) is 3.04. The van der Waals surface area contributed by atoms with Gasteiger partial charge in [0.15, 0.2) is 5.82 Å². The van der Waals surface area contributed by atoms with E-state index in [2.05, 4.69) is 20.2 Å². The molecule has 0 saturated carbocycles. The maximum absolute atomic E-state index is 12.5. The highest BCUT2D eigenvalue weighted by molar-refractivity contribution is 7.99. The molecule has 0 amide bonds.